The largest absolute Gasteiger partial charge is 0.382 e. The molecule has 1 aromatic heterocycles. The highest BCUT2D eigenvalue weighted by atomic mass is 15.3. The molecule has 0 unspecified atom stereocenters. The Morgan fingerprint density at radius 2 is 2.00 bits per heavy atom. The summed E-state index contributed by atoms with van der Waals surface area (Å²) in [5, 5.41) is 0. The van der Waals surface area contributed by atoms with Gasteiger partial charge in [0, 0.05) is 12.6 Å². The number of anilines is 1. The second-order valence-electron chi connectivity index (χ2n) is 4.18. The molecule has 3 rings (SSSR count). The van der Waals surface area contributed by atoms with E-state index in [0.29, 0.717) is 18.2 Å². The van der Waals surface area contributed by atoms with Crippen LogP contribution in [0.4, 0.5) is 5.82 Å². The van der Waals surface area contributed by atoms with Gasteiger partial charge in [0.15, 0.2) is 5.82 Å². The minimum atomic E-state index is 0.452. The molecule has 0 aliphatic carbocycles. The highest BCUT2D eigenvalue weighted by molar-refractivity contribution is 6.01. The monoisotopic (exact) mass is 239 g/mol. The Morgan fingerprint density at radius 3 is 2.78 bits per heavy atom. The molecule has 0 saturated heterocycles. The predicted octanol–water partition coefficient (Wildman–Crippen LogP) is 1.26. The van der Waals surface area contributed by atoms with Gasteiger partial charge in [-0.15, -0.1) is 0 Å². The molecule has 5 nitrogen and oxygen atoms in total. The maximum atomic E-state index is 5.88. The van der Waals surface area contributed by atoms with Crippen molar-refractivity contribution >= 4 is 11.7 Å². The molecule has 0 saturated carbocycles. The van der Waals surface area contributed by atoms with E-state index in [4.69, 9.17) is 5.73 Å². The van der Waals surface area contributed by atoms with Gasteiger partial charge < -0.3 is 10.6 Å². The zero-order valence-electron chi connectivity index (χ0n) is 10.0. The van der Waals surface area contributed by atoms with Gasteiger partial charge in [-0.2, -0.15) is 0 Å². The fraction of sp³-hybridized carbons (Fsp3) is 0.154. The molecule has 0 atom stereocenters. The number of nitrogens with zero attached hydrogens (tertiary/aromatic N) is 4. The number of hydrogen-bond donors (Lipinski definition) is 1. The first-order chi connectivity index (χ1) is 8.75. The van der Waals surface area contributed by atoms with Crippen LogP contribution in [0.25, 0.3) is 11.3 Å². The fourth-order valence-corrected chi connectivity index (χ4v) is 1.91. The first-order valence-corrected chi connectivity index (χ1v) is 5.69. The van der Waals surface area contributed by atoms with Crippen molar-refractivity contribution in [3.63, 3.8) is 0 Å². The first kappa shape index (κ1) is 10.7. The third-order valence-electron chi connectivity index (χ3n) is 2.88. The van der Waals surface area contributed by atoms with Gasteiger partial charge >= 0.3 is 0 Å². The smallest absolute Gasteiger partial charge is 0.159 e. The van der Waals surface area contributed by atoms with Gasteiger partial charge in [-0.3, -0.25) is 0 Å². The molecular formula is C13H13N5. The van der Waals surface area contributed by atoms with Crippen LogP contribution >= 0.6 is 0 Å². The second kappa shape index (κ2) is 4.10. The number of fused-ring (bicyclic) bond motifs is 1. The van der Waals surface area contributed by atoms with Crippen molar-refractivity contribution in [1.29, 1.82) is 0 Å². The lowest BCUT2D eigenvalue weighted by Crippen LogP contribution is -2.31. The minimum Gasteiger partial charge on any atom is -0.382 e. The lowest BCUT2D eigenvalue weighted by atomic mass is 10.1. The number of rotatable bonds is 1. The Labute approximate surface area is 105 Å². The molecular weight excluding hydrogens is 226 g/mol. The number of nitrogens with two attached hydrogens (primary N) is 1. The topological polar surface area (TPSA) is 67.4 Å². The molecule has 2 aromatic rings. The highest BCUT2D eigenvalue weighted by Crippen LogP contribution is 2.22. The van der Waals surface area contributed by atoms with Gasteiger partial charge in [-0.25, -0.2) is 15.0 Å². The van der Waals surface area contributed by atoms with Gasteiger partial charge in [-0.05, 0) is 0 Å². The number of amidine groups is 1. The van der Waals surface area contributed by atoms with Gasteiger partial charge in [0.05, 0.1) is 11.9 Å². The molecule has 1 aliphatic rings. The summed E-state index contributed by atoms with van der Waals surface area (Å²) >= 11 is 0. The minimum absolute atomic E-state index is 0.452. The fourth-order valence-electron chi connectivity index (χ4n) is 1.91. The van der Waals surface area contributed by atoms with Gasteiger partial charge in [0.25, 0.3) is 0 Å². The molecule has 0 fully saturated rings. The maximum absolute atomic E-state index is 5.88. The standard InChI is InChI=1S/C13H13N5/c1-18-8-16-12(14)11-13(18)15-7-10(17-11)9-5-3-2-4-6-9/h2-7H,8H2,1H3,(H2,14,16). The molecule has 1 aromatic carbocycles. The van der Waals surface area contributed by atoms with Crippen molar-refractivity contribution in [1.82, 2.24) is 9.97 Å². The van der Waals surface area contributed by atoms with Crippen molar-refractivity contribution in [2.75, 3.05) is 18.6 Å². The van der Waals surface area contributed by atoms with E-state index in [0.717, 1.165) is 17.1 Å². The van der Waals surface area contributed by atoms with Gasteiger partial charge in [0.1, 0.15) is 18.2 Å². The molecule has 0 amide bonds. The summed E-state index contributed by atoms with van der Waals surface area (Å²) in [6.07, 6.45) is 1.77. The number of hydrogen-bond acceptors (Lipinski definition) is 5. The van der Waals surface area contributed by atoms with Crippen LogP contribution in [0.15, 0.2) is 41.5 Å². The van der Waals surface area contributed by atoms with Crippen LogP contribution in [0.2, 0.25) is 0 Å². The summed E-state index contributed by atoms with van der Waals surface area (Å²) in [6.45, 7) is 0.526. The van der Waals surface area contributed by atoms with E-state index in [1.165, 1.54) is 0 Å². The zero-order valence-corrected chi connectivity index (χ0v) is 10.0. The molecule has 5 heteroatoms. The molecule has 0 bridgehead atoms. The highest BCUT2D eigenvalue weighted by Gasteiger charge is 2.19. The van der Waals surface area contributed by atoms with E-state index in [1.807, 2.05) is 42.3 Å². The molecule has 2 heterocycles. The summed E-state index contributed by atoms with van der Waals surface area (Å²) in [4.78, 5) is 15.1. The Kier molecular flexibility index (Phi) is 2.44. The van der Waals surface area contributed by atoms with E-state index < -0.39 is 0 Å². The van der Waals surface area contributed by atoms with Crippen molar-refractivity contribution in [2.24, 2.45) is 10.7 Å². The maximum Gasteiger partial charge on any atom is 0.159 e. The summed E-state index contributed by atoms with van der Waals surface area (Å²) in [7, 11) is 1.92. The van der Waals surface area contributed by atoms with Crippen LogP contribution in [0.5, 0.6) is 0 Å². The van der Waals surface area contributed by atoms with Crippen LogP contribution in [0.3, 0.4) is 0 Å². The zero-order chi connectivity index (χ0) is 12.5. The lowest BCUT2D eigenvalue weighted by molar-refractivity contribution is 0.875. The lowest BCUT2D eigenvalue weighted by Gasteiger charge is -2.23. The predicted molar refractivity (Wildman–Crippen MR) is 71.5 cm³/mol. The van der Waals surface area contributed by atoms with Crippen LogP contribution in [0, 0.1) is 0 Å². The van der Waals surface area contributed by atoms with Gasteiger partial charge in [0.2, 0.25) is 0 Å². The summed E-state index contributed by atoms with van der Waals surface area (Å²) in [6, 6.07) is 9.91. The third-order valence-corrected chi connectivity index (χ3v) is 2.88. The van der Waals surface area contributed by atoms with E-state index in [9.17, 15) is 0 Å². The van der Waals surface area contributed by atoms with Crippen molar-refractivity contribution in [2.45, 2.75) is 0 Å². The van der Waals surface area contributed by atoms with Crippen molar-refractivity contribution in [3.05, 3.63) is 42.2 Å². The van der Waals surface area contributed by atoms with E-state index in [1.54, 1.807) is 6.20 Å². The van der Waals surface area contributed by atoms with Crippen LogP contribution in [-0.2, 0) is 0 Å². The molecule has 18 heavy (non-hydrogen) atoms. The number of benzene rings is 1. The normalized spacial score (nSPS) is 14.1. The average molecular weight is 239 g/mol. The molecule has 90 valence electrons. The van der Waals surface area contributed by atoms with Crippen LogP contribution in [0.1, 0.15) is 5.69 Å². The van der Waals surface area contributed by atoms with Crippen LogP contribution < -0.4 is 10.6 Å². The van der Waals surface area contributed by atoms with Crippen molar-refractivity contribution in [3.8, 4) is 11.3 Å². The van der Waals surface area contributed by atoms with E-state index >= 15 is 0 Å². The number of aromatic nitrogens is 2. The third kappa shape index (κ3) is 1.69. The Morgan fingerprint density at radius 1 is 1.22 bits per heavy atom. The average Bonchev–Trinajstić information content (AvgIpc) is 2.44. The van der Waals surface area contributed by atoms with Crippen LogP contribution in [-0.4, -0.2) is 29.5 Å². The summed E-state index contributed by atoms with van der Waals surface area (Å²) < 4.78 is 0. The van der Waals surface area contributed by atoms with Gasteiger partial charge in [-0.1, -0.05) is 30.3 Å². The Hall–Kier alpha value is -2.43. The molecule has 0 radical (unpaired) electrons. The summed E-state index contributed by atoms with van der Waals surface area (Å²) in [5.74, 6) is 1.23. The molecule has 2 N–H and O–H groups in total. The Bertz CT molecular complexity index is 606. The van der Waals surface area contributed by atoms with Crippen molar-refractivity contribution < 1.29 is 0 Å². The van der Waals surface area contributed by atoms with E-state index in [2.05, 4.69) is 15.0 Å². The number of aliphatic imine (C=N–C) groups is 1. The molecule has 0 spiro atoms. The molecule has 1 aliphatic heterocycles. The Balaban J connectivity index is 2.12. The quantitative estimate of drug-likeness (QED) is 0.813. The first-order valence-electron chi connectivity index (χ1n) is 5.69. The summed E-state index contributed by atoms with van der Waals surface area (Å²) in [5.41, 5.74) is 8.36. The SMILES string of the molecule is CN1CN=C(N)c2nc(-c3ccccc3)cnc21. The second-order valence-corrected chi connectivity index (χ2v) is 4.18. The van der Waals surface area contributed by atoms with E-state index in [-0.39, 0.29) is 0 Å².